The second-order valence-corrected chi connectivity index (χ2v) is 3.91. The molecule has 2 aromatic rings. The fraction of sp³-hybridized carbons (Fsp3) is 0.143. The Bertz CT molecular complexity index is 584. The molecule has 0 saturated carbocycles. The Morgan fingerprint density at radius 1 is 1.21 bits per heavy atom. The molecule has 4 nitrogen and oxygen atoms in total. The van der Waals surface area contributed by atoms with E-state index >= 15 is 0 Å². The molecule has 0 fully saturated rings. The van der Waals surface area contributed by atoms with Gasteiger partial charge in [-0.2, -0.15) is 4.39 Å². The number of anilines is 1. The molecule has 0 aliphatic rings. The number of ether oxygens (including phenoxy) is 1. The third-order valence-corrected chi connectivity index (χ3v) is 2.70. The Morgan fingerprint density at radius 2 is 1.89 bits per heavy atom. The summed E-state index contributed by atoms with van der Waals surface area (Å²) in [5.74, 6) is -0.341. The van der Waals surface area contributed by atoms with Crippen LogP contribution in [0.1, 0.15) is 10.5 Å². The third-order valence-electron chi connectivity index (χ3n) is 2.70. The zero-order chi connectivity index (χ0) is 13.8. The van der Waals surface area contributed by atoms with Crippen LogP contribution in [0.15, 0.2) is 42.5 Å². The number of hydrogen-bond acceptors (Lipinski definition) is 3. The molecule has 98 valence electrons. The van der Waals surface area contributed by atoms with Gasteiger partial charge in [0.2, 0.25) is 5.95 Å². The molecule has 0 saturated heterocycles. The molecule has 0 bridgehead atoms. The molecule has 0 N–H and O–H groups in total. The molecule has 1 aromatic heterocycles. The first-order chi connectivity index (χ1) is 9.11. The predicted octanol–water partition coefficient (Wildman–Crippen LogP) is 2.51. The Labute approximate surface area is 110 Å². The quantitative estimate of drug-likeness (QED) is 0.796. The number of halogens is 1. The first-order valence-corrected chi connectivity index (χ1v) is 5.66. The fourth-order valence-electron chi connectivity index (χ4n) is 1.62. The van der Waals surface area contributed by atoms with Crippen molar-refractivity contribution in [3.63, 3.8) is 0 Å². The lowest BCUT2D eigenvalue weighted by molar-refractivity contribution is 0.0987. The zero-order valence-corrected chi connectivity index (χ0v) is 10.6. The second-order valence-electron chi connectivity index (χ2n) is 3.91. The molecule has 2 rings (SSSR count). The van der Waals surface area contributed by atoms with Crippen molar-refractivity contribution in [2.24, 2.45) is 0 Å². The number of amides is 1. The Kier molecular flexibility index (Phi) is 3.75. The Hall–Kier alpha value is -2.43. The van der Waals surface area contributed by atoms with Crippen molar-refractivity contribution >= 4 is 11.6 Å². The average Bonchev–Trinajstić information content (AvgIpc) is 2.46. The minimum absolute atomic E-state index is 0.0679. The Balaban J connectivity index is 2.23. The maximum atomic E-state index is 13.0. The van der Waals surface area contributed by atoms with E-state index in [1.807, 2.05) is 0 Å². The summed E-state index contributed by atoms with van der Waals surface area (Å²) in [6.45, 7) is 0. The van der Waals surface area contributed by atoms with Crippen molar-refractivity contribution in [2.75, 3.05) is 19.1 Å². The van der Waals surface area contributed by atoms with Gasteiger partial charge < -0.3 is 9.64 Å². The molecule has 0 radical (unpaired) electrons. The molecular weight excluding hydrogens is 247 g/mol. The minimum Gasteiger partial charge on any atom is -0.497 e. The topological polar surface area (TPSA) is 42.4 Å². The van der Waals surface area contributed by atoms with E-state index in [0.29, 0.717) is 11.4 Å². The van der Waals surface area contributed by atoms with Crippen LogP contribution in [0.5, 0.6) is 5.75 Å². The highest BCUT2D eigenvalue weighted by atomic mass is 19.1. The van der Waals surface area contributed by atoms with Gasteiger partial charge in [0.25, 0.3) is 5.91 Å². The van der Waals surface area contributed by atoms with Gasteiger partial charge in [-0.3, -0.25) is 4.79 Å². The standard InChI is InChI=1S/C14H13FN2O2/c1-17(10-6-8-11(19-2)9-7-10)14(18)12-4-3-5-13(15)16-12/h3-9H,1-2H3. The summed E-state index contributed by atoms with van der Waals surface area (Å²) < 4.78 is 18.0. The number of carbonyl (C=O) groups excluding carboxylic acids is 1. The summed E-state index contributed by atoms with van der Waals surface area (Å²) in [5, 5.41) is 0. The molecular formula is C14H13FN2O2. The number of aromatic nitrogens is 1. The van der Waals surface area contributed by atoms with Crippen LogP contribution in [0.3, 0.4) is 0 Å². The number of hydrogen-bond donors (Lipinski definition) is 0. The van der Waals surface area contributed by atoms with Crippen LogP contribution < -0.4 is 9.64 Å². The number of carbonyl (C=O) groups is 1. The summed E-state index contributed by atoms with van der Waals surface area (Å²) >= 11 is 0. The van der Waals surface area contributed by atoms with E-state index in [-0.39, 0.29) is 11.6 Å². The van der Waals surface area contributed by atoms with E-state index in [1.165, 1.54) is 23.1 Å². The highest BCUT2D eigenvalue weighted by Gasteiger charge is 2.15. The predicted molar refractivity (Wildman–Crippen MR) is 69.9 cm³/mol. The van der Waals surface area contributed by atoms with Gasteiger partial charge in [-0.25, -0.2) is 4.98 Å². The first-order valence-electron chi connectivity index (χ1n) is 5.66. The largest absolute Gasteiger partial charge is 0.497 e. The van der Waals surface area contributed by atoms with E-state index in [4.69, 9.17) is 4.74 Å². The average molecular weight is 260 g/mol. The normalized spacial score (nSPS) is 10.1. The zero-order valence-electron chi connectivity index (χ0n) is 10.6. The van der Waals surface area contributed by atoms with Crippen molar-refractivity contribution in [1.82, 2.24) is 4.98 Å². The van der Waals surface area contributed by atoms with Gasteiger partial charge in [-0.1, -0.05) is 6.07 Å². The molecule has 5 heteroatoms. The van der Waals surface area contributed by atoms with Crippen molar-refractivity contribution in [3.8, 4) is 5.75 Å². The van der Waals surface area contributed by atoms with E-state index < -0.39 is 5.95 Å². The molecule has 1 amide bonds. The van der Waals surface area contributed by atoms with E-state index in [1.54, 1.807) is 38.4 Å². The lowest BCUT2D eigenvalue weighted by atomic mass is 10.2. The van der Waals surface area contributed by atoms with Crippen molar-refractivity contribution in [2.45, 2.75) is 0 Å². The van der Waals surface area contributed by atoms with Crippen LogP contribution in [-0.4, -0.2) is 25.0 Å². The third kappa shape index (κ3) is 2.88. The van der Waals surface area contributed by atoms with Gasteiger partial charge in [0.15, 0.2) is 0 Å². The summed E-state index contributed by atoms with van der Waals surface area (Å²) in [7, 11) is 3.18. The monoisotopic (exact) mass is 260 g/mol. The fourth-order valence-corrected chi connectivity index (χ4v) is 1.62. The van der Waals surface area contributed by atoms with Gasteiger partial charge >= 0.3 is 0 Å². The van der Waals surface area contributed by atoms with E-state index in [9.17, 15) is 9.18 Å². The van der Waals surface area contributed by atoms with Crippen molar-refractivity contribution in [3.05, 3.63) is 54.1 Å². The summed E-state index contributed by atoms with van der Waals surface area (Å²) in [6, 6.07) is 11.1. The number of nitrogens with zero attached hydrogens (tertiary/aromatic N) is 2. The van der Waals surface area contributed by atoms with Crippen LogP contribution in [0.2, 0.25) is 0 Å². The van der Waals surface area contributed by atoms with Gasteiger partial charge in [0.05, 0.1) is 7.11 Å². The van der Waals surface area contributed by atoms with Gasteiger partial charge in [0.1, 0.15) is 11.4 Å². The molecule has 0 aliphatic carbocycles. The van der Waals surface area contributed by atoms with E-state index in [2.05, 4.69) is 4.98 Å². The summed E-state index contributed by atoms with van der Waals surface area (Å²) in [6.07, 6.45) is 0. The number of benzene rings is 1. The van der Waals surface area contributed by atoms with Crippen LogP contribution >= 0.6 is 0 Å². The lowest BCUT2D eigenvalue weighted by Crippen LogP contribution is -2.27. The van der Waals surface area contributed by atoms with Crippen LogP contribution in [0.4, 0.5) is 10.1 Å². The molecule has 0 spiro atoms. The second kappa shape index (κ2) is 5.48. The van der Waals surface area contributed by atoms with Crippen molar-refractivity contribution < 1.29 is 13.9 Å². The number of rotatable bonds is 3. The number of methoxy groups -OCH3 is 1. The minimum atomic E-state index is -0.672. The van der Waals surface area contributed by atoms with Gasteiger partial charge in [-0.15, -0.1) is 0 Å². The van der Waals surface area contributed by atoms with E-state index in [0.717, 1.165) is 0 Å². The maximum absolute atomic E-state index is 13.0. The lowest BCUT2D eigenvalue weighted by Gasteiger charge is -2.17. The van der Waals surface area contributed by atoms with Crippen LogP contribution in [0, 0.1) is 5.95 Å². The molecule has 1 aromatic carbocycles. The smallest absolute Gasteiger partial charge is 0.276 e. The van der Waals surface area contributed by atoms with Gasteiger partial charge in [-0.05, 0) is 36.4 Å². The molecule has 1 heterocycles. The van der Waals surface area contributed by atoms with Crippen LogP contribution in [-0.2, 0) is 0 Å². The number of pyridine rings is 1. The summed E-state index contributed by atoms with van der Waals surface area (Å²) in [4.78, 5) is 17.1. The van der Waals surface area contributed by atoms with Crippen LogP contribution in [0.25, 0.3) is 0 Å². The van der Waals surface area contributed by atoms with Crippen molar-refractivity contribution in [1.29, 1.82) is 0 Å². The molecule has 0 unspecified atom stereocenters. The summed E-state index contributed by atoms with van der Waals surface area (Å²) in [5.41, 5.74) is 0.746. The van der Waals surface area contributed by atoms with Gasteiger partial charge in [0, 0.05) is 12.7 Å². The molecule has 0 aliphatic heterocycles. The molecule has 19 heavy (non-hydrogen) atoms. The SMILES string of the molecule is COc1ccc(N(C)C(=O)c2cccc(F)n2)cc1. The first kappa shape index (κ1) is 13.0. The Morgan fingerprint density at radius 3 is 2.47 bits per heavy atom. The molecule has 0 atom stereocenters. The highest BCUT2D eigenvalue weighted by molar-refractivity contribution is 6.04. The maximum Gasteiger partial charge on any atom is 0.276 e. The highest BCUT2D eigenvalue weighted by Crippen LogP contribution is 2.19.